The van der Waals surface area contributed by atoms with E-state index in [0.717, 1.165) is 50.9 Å². The Morgan fingerprint density at radius 3 is 2.66 bits per heavy atom. The van der Waals surface area contributed by atoms with Crippen LogP contribution in [0.1, 0.15) is 12.5 Å². The molecule has 0 spiro atoms. The van der Waals surface area contributed by atoms with Gasteiger partial charge in [-0.25, -0.2) is 0 Å². The van der Waals surface area contributed by atoms with Crippen LogP contribution in [0.3, 0.4) is 0 Å². The summed E-state index contributed by atoms with van der Waals surface area (Å²) in [4.78, 5) is 6.92. The van der Waals surface area contributed by atoms with Gasteiger partial charge in [-0.2, -0.15) is 8.78 Å². The summed E-state index contributed by atoms with van der Waals surface area (Å²) < 4.78 is 40.0. The highest BCUT2D eigenvalue weighted by molar-refractivity contribution is 14.0. The van der Waals surface area contributed by atoms with Gasteiger partial charge in [0, 0.05) is 32.7 Å². The minimum Gasteiger partial charge on any atom is -0.493 e. The quantitative estimate of drug-likeness (QED) is 0.276. The Labute approximate surface area is 188 Å². The van der Waals surface area contributed by atoms with Gasteiger partial charge in [-0.3, -0.25) is 9.89 Å². The van der Waals surface area contributed by atoms with Crippen molar-refractivity contribution in [1.82, 2.24) is 15.5 Å². The molecule has 7 nitrogen and oxygen atoms in total. The van der Waals surface area contributed by atoms with Crippen molar-refractivity contribution in [3.63, 3.8) is 0 Å². The van der Waals surface area contributed by atoms with E-state index >= 15 is 0 Å². The van der Waals surface area contributed by atoms with Gasteiger partial charge in [0.05, 0.1) is 26.9 Å². The second-order valence-corrected chi connectivity index (χ2v) is 6.26. The lowest BCUT2D eigenvalue weighted by Gasteiger charge is -2.25. The van der Waals surface area contributed by atoms with Crippen molar-refractivity contribution >= 4 is 29.9 Å². The van der Waals surface area contributed by atoms with Gasteiger partial charge >= 0.3 is 6.61 Å². The summed E-state index contributed by atoms with van der Waals surface area (Å²) >= 11 is 0. The zero-order chi connectivity index (χ0) is 20.2. The Morgan fingerprint density at radius 1 is 1.24 bits per heavy atom. The SMILES string of the molecule is CCNC(=NCCN1CCOCC1)NCCc1ccc(OC)c(OC(F)F)c1.I. The van der Waals surface area contributed by atoms with Gasteiger partial charge in [0.25, 0.3) is 0 Å². The van der Waals surface area contributed by atoms with Crippen LogP contribution in [-0.2, 0) is 11.2 Å². The molecule has 166 valence electrons. The number of benzene rings is 1. The summed E-state index contributed by atoms with van der Waals surface area (Å²) in [5.41, 5.74) is 0.869. The molecule has 0 saturated carbocycles. The maximum absolute atomic E-state index is 12.5. The van der Waals surface area contributed by atoms with Crippen LogP contribution >= 0.6 is 24.0 Å². The summed E-state index contributed by atoms with van der Waals surface area (Å²) in [6.07, 6.45) is 0.636. The molecule has 1 aromatic rings. The fourth-order valence-electron chi connectivity index (χ4n) is 2.86. The van der Waals surface area contributed by atoms with Gasteiger partial charge in [0.2, 0.25) is 0 Å². The summed E-state index contributed by atoms with van der Waals surface area (Å²) in [7, 11) is 1.42. The Morgan fingerprint density at radius 2 is 2.00 bits per heavy atom. The molecule has 2 N–H and O–H groups in total. The van der Waals surface area contributed by atoms with Crippen molar-refractivity contribution in [2.45, 2.75) is 20.0 Å². The van der Waals surface area contributed by atoms with Crippen molar-refractivity contribution in [2.75, 3.05) is 59.6 Å². The lowest BCUT2D eigenvalue weighted by molar-refractivity contribution is -0.0512. The number of aliphatic imine (C=N–C) groups is 1. The smallest absolute Gasteiger partial charge is 0.387 e. The van der Waals surface area contributed by atoms with Crippen LogP contribution in [0.5, 0.6) is 11.5 Å². The topological polar surface area (TPSA) is 67.4 Å². The molecule has 1 aromatic carbocycles. The second kappa shape index (κ2) is 14.6. The molecular weight excluding hydrogens is 497 g/mol. The van der Waals surface area contributed by atoms with Crippen molar-refractivity contribution in [3.8, 4) is 11.5 Å². The summed E-state index contributed by atoms with van der Waals surface area (Å²) in [5, 5.41) is 6.49. The number of rotatable bonds is 10. The third-order valence-corrected chi connectivity index (χ3v) is 4.28. The van der Waals surface area contributed by atoms with E-state index in [-0.39, 0.29) is 35.5 Å². The van der Waals surface area contributed by atoms with Gasteiger partial charge in [0.1, 0.15) is 0 Å². The van der Waals surface area contributed by atoms with E-state index in [1.54, 1.807) is 12.1 Å². The number of hydrogen-bond acceptors (Lipinski definition) is 5. The van der Waals surface area contributed by atoms with E-state index in [1.807, 2.05) is 13.0 Å². The molecule has 0 unspecified atom stereocenters. The van der Waals surface area contributed by atoms with Crippen LogP contribution in [0, 0.1) is 0 Å². The van der Waals surface area contributed by atoms with Crippen LogP contribution in [-0.4, -0.2) is 77.1 Å². The van der Waals surface area contributed by atoms with Gasteiger partial charge in [-0.1, -0.05) is 6.07 Å². The van der Waals surface area contributed by atoms with E-state index < -0.39 is 6.61 Å². The molecule has 1 aliphatic heterocycles. The van der Waals surface area contributed by atoms with E-state index in [2.05, 4.69) is 25.3 Å². The Balaban J connectivity index is 0.00000420. The average Bonchev–Trinajstić information content (AvgIpc) is 2.68. The number of nitrogens with zero attached hydrogens (tertiary/aromatic N) is 2. The maximum Gasteiger partial charge on any atom is 0.387 e. The molecule has 2 rings (SSSR count). The molecule has 1 aliphatic rings. The zero-order valence-corrected chi connectivity index (χ0v) is 19.3. The number of alkyl halides is 2. The van der Waals surface area contributed by atoms with Crippen LogP contribution < -0.4 is 20.1 Å². The fourth-order valence-corrected chi connectivity index (χ4v) is 2.86. The number of morpholine rings is 1. The first kappa shape index (κ1) is 25.6. The summed E-state index contributed by atoms with van der Waals surface area (Å²) in [5.74, 6) is 1.07. The highest BCUT2D eigenvalue weighted by atomic mass is 127. The lowest BCUT2D eigenvalue weighted by Crippen LogP contribution is -2.40. The molecule has 1 fully saturated rings. The summed E-state index contributed by atoms with van der Waals surface area (Å²) in [6, 6.07) is 5.05. The highest BCUT2D eigenvalue weighted by Gasteiger charge is 2.12. The second-order valence-electron chi connectivity index (χ2n) is 6.26. The fraction of sp³-hybridized carbons (Fsp3) is 0.632. The van der Waals surface area contributed by atoms with Gasteiger partial charge in [-0.05, 0) is 31.0 Å². The predicted octanol–water partition coefficient (Wildman–Crippen LogP) is 2.34. The minimum absolute atomic E-state index is 0. The largest absolute Gasteiger partial charge is 0.493 e. The van der Waals surface area contributed by atoms with Crippen LogP contribution in [0.2, 0.25) is 0 Å². The molecule has 0 aromatic heterocycles. The Bertz CT molecular complexity index is 617. The number of ether oxygens (including phenoxy) is 3. The molecule has 10 heteroatoms. The first-order chi connectivity index (χ1) is 13.6. The van der Waals surface area contributed by atoms with E-state index in [0.29, 0.717) is 19.5 Å². The molecule has 0 radical (unpaired) electrons. The molecular formula is C19H31F2IN4O3. The van der Waals surface area contributed by atoms with Crippen molar-refractivity contribution < 1.29 is 23.0 Å². The van der Waals surface area contributed by atoms with Crippen LogP contribution in [0.4, 0.5) is 8.78 Å². The van der Waals surface area contributed by atoms with Gasteiger partial charge < -0.3 is 24.8 Å². The number of nitrogens with one attached hydrogen (secondary N) is 2. The van der Waals surface area contributed by atoms with Crippen molar-refractivity contribution in [1.29, 1.82) is 0 Å². The van der Waals surface area contributed by atoms with E-state index in [9.17, 15) is 8.78 Å². The number of halogens is 3. The molecule has 0 aliphatic carbocycles. The average molecular weight is 528 g/mol. The van der Waals surface area contributed by atoms with Gasteiger partial charge in [0.15, 0.2) is 17.5 Å². The third kappa shape index (κ3) is 9.77. The molecule has 1 saturated heterocycles. The minimum atomic E-state index is -2.89. The Kier molecular flexibility index (Phi) is 12.9. The maximum atomic E-state index is 12.5. The summed E-state index contributed by atoms with van der Waals surface area (Å²) in [6.45, 7) is 5.54. The first-order valence-electron chi connectivity index (χ1n) is 9.56. The standard InChI is InChI=1S/C19H30F2N4O3.HI/c1-3-22-19(24-8-9-25-10-12-27-13-11-25)23-7-6-15-4-5-16(26-2)17(14-15)28-18(20)21;/h4-5,14,18H,3,6-13H2,1-2H3,(H2,22,23,24);1H. The first-order valence-corrected chi connectivity index (χ1v) is 9.56. The number of guanidine groups is 1. The zero-order valence-electron chi connectivity index (χ0n) is 17.0. The highest BCUT2D eigenvalue weighted by Crippen LogP contribution is 2.29. The Hall–Kier alpha value is -1.40. The van der Waals surface area contributed by atoms with Crippen molar-refractivity contribution in [2.24, 2.45) is 4.99 Å². The molecule has 0 atom stereocenters. The monoisotopic (exact) mass is 528 g/mol. The number of methoxy groups -OCH3 is 1. The van der Waals surface area contributed by atoms with Gasteiger partial charge in [-0.15, -0.1) is 24.0 Å². The molecule has 29 heavy (non-hydrogen) atoms. The van der Waals surface area contributed by atoms with Crippen LogP contribution in [0.25, 0.3) is 0 Å². The number of hydrogen-bond donors (Lipinski definition) is 2. The predicted molar refractivity (Wildman–Crippen MR) is 120 cm³/mol. The van der Waals surface area contributed by atoms with Crippen LogP contribution in [0.15, 0.2) is 23.2 Å². The van der Waals surface area contributed by atoms with Crippen molar-refractivity contribution in [3.05, 3.63) is 23.8 Å². The lowest BCUT2D eigenvalue weighted by atomic mass is 10.1. The third-order valence-electron chi connectivity index (χ3n) is 4.28. The van der Waals surface area contributed by atoms with E-state index in [4.69, 9.17) is 9.47 Å². The molecule has 0 amide bonds. The van der Waals surface area contributed by atoms with E-state index in [1.165, 1.54) is 7.11 Å². The normalized spacial score (nSPS) is 15.0. The molecule has 0 bridgehead atoms. The molecule has 1 heterocycles.